The average Bonchev–Trinajstić information content (AvgIpc) is 3.09. The van der Waals surface area contributed by atoms with E-state index in [1.807, 2.05) is 0 Å². The zero-order chi connectivity index (χ0) is 24.9. The van der Waals surface area contributed by atoms with E-state index in [0.717, 1.165) is 51.4 Å². The lowest BCUT2D eigenvalue weighted by Crippen LogP contribution is -2.58. The van der Waals surface area contributed by atoms with Gasteiger partial charge in [0, 0.05) is 13.0 Å². The smallest absolute Gasteiger partial charge is 0.266 e. The van der Waals surface area contributed by atoms with E-state index in [9.17, 15) is 23.4 Å². The summed E-state index contributed by atoms with van der Waals surface area (Å²) < 4.78 is 30.5. The highest BCUT2D eigenvalue weighted by molar-refractivity contribution is 7.85. The van der Waals surface area contributed by atoms with Crippen LogP contribution in [0.1, 0.15) is 85.0 Å². The number of aliphatic hydroxyl groups is 2. The van der Waals surface area contributed by atoms with Crippen molar-refractivity contribution in [2.24, 2.45) is 46.3 Å². The van der Waals surface area contributed by atoms with Gasteiger partial charge in [-0.2, -0.15) is 8.42 Å². The van der Waals surface area contributed by atoms with Gasteiger partial charge in [0.15, 0.2) is 0 Å². The summed E-state index contributed by atoms with van der Waals surface area (Å²) in [6.07, 6.45) is 8.87. The SMILES string of the molecule is CC(CCC(=O)NCCS(=O)(=O)O)[C@H]1CCC2C3C(O)C[C@@H]4CC(O)CC[C@]4(C)C3CC[C@@]21C. The first-order valence-electron chi connectivity index (χ1n) is 13.4. The van der Waals surface area contributed by atoms with Gasteiger partial charge in [0.25, 0.3) is 10.1 Å². The molecule has 6 unspecified atom stereocenters. The normalized spacial score (nSPS) is 45.1. The molecule has 1 amide bonds. The molecule has 4 rings (SSSR count). The monoisotopic (exact) mass is 499 g/mol. The second-order valence-corrected chi connectivity index (χ2v) is 14.2. The molecule has 0 aromatic carbocycles. The fraction of sp³-hybridized carbons (Fsp3) is 0.962. The third-order valence-electron chi connectivity index (χ3n) is 10.9. The summed E-state index contributed by atoms with van der Waals surface area (Å²) in [6.45, 7) is 7.05. The maximum atomic E-state index is 12.2. The molecule has 0 saturated heterocycles. The first kappa shape index (κ1) is 26.4. The van der Waals surface area contributed by atoms with E-state index in [1.54, 1.807) is 0 Å². The summed E-state index contributed by atoms with van der Waals surface area (Å²) in [5.41, 5.74) is 0.411. The van der Waals surface area contributed by atoms with Gasteiger partial charge in [0.1, 0.15) is 0 Å². The summed E-state index contributed by atoms with van der Waals surface area (Å²) in [6, 6.07) is 0. The fourth-order valence-corrected chi connectivity index (χ4v) is 9.50. The van der Waals surface area contributed by atoms with Gasteiger partial charge in [0.05, 0.1) is 18.0 Å². The van der Waals surface area contributed by atoms with Crippen molar-refractivity contribution in [1.82, 2.24) is 5.32 Å². The molecule has 0 heterocycles. The van der Waals surface area contributed by atoms with Gasteiger partial charge in [-0.25, -0.2) is 0 Å². The van der Waals surface area contributed by atoms with Crippen LogP contribution < -0.4 is 5.32 Å². The topological polar surface area (TPSA) is 124 Å². The van der Waals surface area contributed by atoms with Gasteiger partial charge in [-0.1, -0.05) is 20.8 Å². The molecule has 4 N–H and O–H groups in total. The van der Waals surface area contributed by atoms with Gasteiger partial charge >= 0.3 is 0 Å². The van der Waals surface area contributed by atoms with Gasteiger partial charge in [-0.15, -0.1) is 0 Å². The molecule has 8 heteroatoms. The number of nitrogens with one attached hydrogen (secondary N) is 1. The lowest BCUT2D eigenvalue weighted by atomic mass is 9.43. The molecule has 34 heavy (non-hydrogen) atoms. The molecular formula is C26H45NO6S. The Kier molecular flexibility index (Phi) is 7.47. The van der Waals surface area contributed by atoms with Crippen LogP contribution in [0.15, 0.2) is 0 Å². The number of rotatable bonds is 7. The molecule has 4 aliphatic carbocycles. The van der Waals surface area contributed by atoms with Gasteiger partial charge in [-0.05, 0) is 104 Å². The van der Waals surface area contributed by atoms with Crippen molar-refractivity contribution < 1.29 is 28.0 Å². The van der Waals surface area contributed by atoms with E-state index in [2.05, 4.69) is 26.1 Å². The lowest BCUT2D eigenvalue weighted by molar-refractivity contribution is -0.174. The van der Waals surface area contributed by atoms with E-state index in [1.165, 1.54) is 6.42 Å². The molecule has 0 spiro atoms. The Labute approximate surface area is 205 Å². The first-order valence-corrected chi connectivity index (χ1v) is 15.0. The summed E-state index contributed by atoms with van der Waals surface area (Å²) in [5.74, 6) is 2.10. The molecule has 0 aromatic heterocycles. The Balaban J connectivity index is 1.39. The number of carbonyl (C=O) groups is 1. The maximum absolute atomic E-state index is 12.2. The van der Waals surface area contributed by atoms with Crippen molar-refractivity contribution in [3.63, 3.8) is 0 Å². The Bertz CT molecular complexity index is 863. The summed E-state index contributed by atoms with van der Waals surface area (Å²) in [4.78, 5) is 12.2. The molecule has 0 bridgehead atoms. The van der Waals surface area contributed by atoms with E-state index in [0.29, 0.717) is 41.9 Å². The van der Waals surface area contributed by atoms with Crippen molar-refractivity contribution in [3.05, 3.63) is 0 Å². The zero-order valence-electron chi connectivity index (χ0n) is 21.1. The molecule has 7 nitrogen and oxygen atoms in total. The predicted octanol–water partition coefficient (Wildman–Crippen LogP) is 3.40. The number of fused-ring (bicyclic) bond motifs is 5. The third-order valence-corrected chi connectivity index (χ3v) is 11.6. The van der Waals surface area contributed by atoms with Crippen molar-refractivity contribution >= 4 is 16.0 Å². The van der Waals surface area contributed by atoms with Crippen LogP contribution in [0.25, 0.3) is 0 Å². The Morgan fingerprint density at radius 1 is 1.03 bits per heavy atom. The summed E-state index contributed by atoms with van der Waals surface area (Å²) in [5, 5.41) is 24.2. The van der Waals surface area contributed by atoms with Crippen LogP contribution in [0.2, 0.25) is 0 Å². The molecular weight excluding hydrogens is 454 g/mol. The number of aliphatic hydroxyl groups excluding tert-OH is 2. The van der Waals surface area contributed by atoms with Gasteiger partial charge in [0.2, 0.25) is 5.91 Å². The fourth-order valence-electron chi connectivity index (χ4n) is 9.14. The van der Waals surface area contributed by atoms with Crippen LogP contribution in [0, 0.1) is 46.3 Å². The molecule has 0 aliphatic heterocycles. The van der Waals surface area contributed by atoms with E-state index < -0.39 is 15.9 Å². The molecule has 0 radical (unpaired) electrons. The molecule has 4 aliphatic rings. The number of carbonyl (C=O) groups excluding carboxylic acids is 1. The van der Waals surface area contributed by atoms with Crippen LogP contribution in [0.4, 0.5) is 0 Å². The Hall–Kier alpha value is -0.700. The van der Waals surface area contributed by atoms with E-state index in [-0.39, 0.29) is 35.5 Å². The largest absolute Gasteiger partial charge is 0.393 e. The Morgan fingerprint density at radius 2 is 1.71 bits per heavy atom. The van der Waals surface area contributed by atoms with Crippen molar-refractivity contribution in [2.75, 3.05) is 12.3 Å². The van der Waals surface area contributed by atoms with Crippen molar-refractivity contribution in [2.45, 2.75) is 97.2 Å². The van der Waals surface area contributed by atoms with E-state index >= 15 is 0 Å². The minimum atomic E-state index is -4.06. The van der Waals surface area contributed by atoms with Crippen LogP contribution >= 0.6 is 0 Å². The second-order valence-electron chi connectivity index (χ2n) is 12.6. The predicted molar refractivity (Wildman–Crippen MR) is 130 cm³/mol. The van der Waals surface area contributed by atoms with Crippen molar-refractivity contribution in [1.29, 1.82) is 0 Å². The minimum absolute atomic E-state index is 0.0625. The van der Waals surface area contributed by atoms with Crippen molar-refractivity contribution in [3.8, 4) is 0 Å². The maximum Gasteiger partial charge on any atom is 0.266 e. The Morgan fingerprint density at radius 3 is 2.41 bits per heavy atom. The molecule has 4 fully saturated rings. The number of amides is 1. The first-order chi connectivity index (χ1) is 15.8. The van der Waals surface area contributed by atoms with Crippen LogP contribution in [0.5, 0.6) is 0 Å². The average molecular weight is 500 g/mol. The highest BCUT2D eigenvalue weighted by Gasteiger charge is 2.62. The minimum Gasteiger partial charge on any atom is -0.393 e. The number of hydrogen-bond donors (Lipinski definition) is 4. The van der Waals surface area contributed by atoms with Crippen LogP contribution in [-0.4, -0.2) is 53.6 Å². The molecule has 4 saturated carbocycles. The zero-order valence-corrected chi connectivity index (χ0v) is 21.9. The molecule has 10 atom stereocenters. The van der Waals surface area contributed by atoms with Gasteiger partial charge < -0.3 is 15.5 Å². The quantitative estimate of drug-likeness (QED) is 0.398. The lowest BCUT2D eigenvalue weighted by Gasteiger charge is -2.62. The number of hydrogen-bond acceptors (Lipinski definition) is 5. The third kappa shape index (κ3) is 4.94. The molecule has 0 aromatic rings. The summed E-state index contributed by atoms with van der Waals surface area (Å²) in [7, 11) is -4.06. The second kappa shape index (κ2) is 9.64. The molecule has 196 valence electrons. The van der Waals surface area contributed by atoms with Gasteiger partial charge in [-0.3, -0.25) is 9.35 Å². The highest BCUT2D eigenvalue weighted by atomic mass is 32.2. The van der Waals surface area contributed by atoms with Crippen LogP contribution in [0.3, 0.4) is 0 Å². The van der Waals surface area contributed by atoms with Crippen LogP contribution in [-0.2, 0) is 14.9 Å². The standard InChI is InChI=1S/C26H45NO6S/c1-16(4-7-23(30)27-12-13-34(31,32)33)19-5-6-20-24-21(9-11-26(19,20)3)25(2)10-8-18(28)14-17(25)15-22(24)29/h16-22,24,28-29H,4-15H2,1-3H3,(H,27,30)(H,31,32,33)/t16?,17-,18?,19+,20?,21?,22?,24?,25-,26+/m0/s1. The summed E-state index contributed by atoms with van der Waals surface area (Å²) >= 11 is 0. The van der Waals surface area contributed by atoms with E-state index in [4.69, 9.17) is 4.55 Å². The highest BCUT2D eigenvalue weighted by Crippen LogP contribution is 2.68.